The van der Waals surface area contributed by atoms with Crippen LogP contribution in [-0.2, 0) is 28.6 Å². The number of ether oxygens (including phenoxy) is 6. The van der Waals surface area contributed by atoms with Gasteiger partial charge in [0.15, 0.2) is 6.61 Å². The maximum absolute atomic E-state index is 12.7. The zero-order valence-electron chi connectivity index (χ0n) is 28.3. The quantitative estimate of drug-likeness (QED) is 0.0307. The number of benzene rings is 3. The Kier molecular flexibility index (Phi) is 15.1. The average molecular weight is 685 g/mol. The Balaban J connectivity index is 1.07. The maximum atomic E-state index is 12.7. The fraction of sp³-hybridized carbons (Fsp3) is 0.350. The van der Waals surface area contributed by atoms with Gasteiger partial charge in [-0.25, -0.2) is 14.4 Å². The summed E-state index contributed by atoms with van der Waals surface area (Å²) in [5, 5.41) is 0. The second-order valence-electron chi connectivity index (χ2n) is 11.8. The highest BCUT2D eigenvalue weighted by atomic mass is 16.6. The first-order valence-electron chi connectivity index (χ1n) is 16.9. The second kappa shape index (κ2) is 20.2. The first kappa shape index (κ1) is 37.4. The van der Waals surface area contributed by atoms with Crippen LogP contribution in [0.2, 0.25) is 0 Å². The molecule has 0 unspecified atom stereocenters. The normalized spacial score (nSPS) is 12.6. The Bertz CT molecular complexity index is 1570. The van der Waals surface area contributed by atoms with E-state index >= 15 is 0 Å². The van der Waals surface area contributed by atoms with Gasteiger partial charge in [0.2, 0.25) is 0 Å². The molecule has 50 heavy (non-hydrogen) atoms. The summed E-state index contributed by atoms with van der Waals surface area (Å²) in [6.45, 7) is 7.58. The van der Waals surface area contributed by atoms with E-state index in [2.05, 4.69) is 17.9 Å². The lowest BCUT2D eigenvalue weighted by molar-refractivity contribution is -0.151. The molecule has 3 aromatic carbocycles. The standard InChI is InChI=1S/C40H44O10/c1-3-45-38(42)28-48-34-19-17-31(18-20-34)30-13-15-32(16-14-30)40(44)50-36-23-21-33(22-24-36)46-25-9-4-5-10-26-47-39(43)29(2)27-37(41)49-35-11-7-6-8-12-35/h3,13-24,35H,1-2,4-12,25-28H2. The molecule has 0 aliphatic heterocycles. The molecule has 3 aromatic rings. The molecule has 0 atom stereocenters. The summed E-state index contributed by atoms with van der Waals surface area (Å²) < 4.78 is 32.0. The summed E-state index contributed by atoms with van der Waals surface area (Å²) in [5.41, 5.74) is 2.34. The molecule has 0 radical (unpaired) electrons. The minimum Gasteiger partial charge on any atom is -0.494 e. The third kappa shape index (κ3) is 12.9. The number of carbonyl (C=O) groups is 4. The predicted octanol–water partition coefficient (Wildman–Crippen LogP) is 7.94. The fourth-order valence-corrected chi connectivity index (χ4v) is 5.25. The molecule has 0 aromatic heterocycles. The SMILES string of the molecule is C=COC(=O)COc1ccc(-c2ccc(C(=O)Oc3ccc(OCCCCCCOC(=O)C(=C)CC(=O)OC4CCCCC4)cc3)cc2)cc1. The Labute approximate surface area is 293 Å². The van der Waals surface area contributed by atoms with Crippen molar-refractivity contribution >= 4 is 23.9 Å². The van der Waals surface area contributed by atoms with E-state index < -0.39 is 23.9 Å². The summed E-state index contributed by atoms with van der Waals surface area (Å²) >= 11 is 0. The number of hydrogen-bond acceptors (Lipinski definition) is 10. The highest BCUT2D eigenvalue weighted by Gasteiger charge is 2.20. The molecule has 1 saturated carbocycles. The molecular weight excluding hydrogens is 640 g/mol. The van der Waals surface area contributed by atoms with Crippen molar-refractivity contribution in [3.8, 4) is 28.4 Å². The van der Waals surface area contributed by atoms with Gasteiger partial charge in [0.25, 0.3) is 0 Å². The van der Waals surface area contributed by atoms with E-state index in [9.17, 15) is 19.2 Å². The van der Waals surface area contributed by atoms with E-state index in [1.807, 2.05) is 24.3 Å². The van der Waals surface area contributed by atoms with Gasteiger partial charge in [-0.15, -0.1) is 0 Å². The summed E-state index contributed by atoms with van der Waals surface area (Å²) in [5.74, 6) is -0.407. The molecule has 0 bridgehead atoms. The van der Waals surface area contributed by atoms with E-state index in [1.54, 1.807) is 48.5 Å². The Morgan fingerprint density at radius 1 is 0.680 bits per heavy atom. The number of unbranched alkanes of at least 4 members (excludes halogenated alkanes) is 3. The lowest BCUT2D eigenvalue weighted by atomic mass is 9.98. The van der Waals surface area contributed by atoms with Crippen LogP contribution in [-0.4, -0.2) is 49.8 Å². The number of esters is 4. The van der Waals surface area contributed by atoms with E-state index in [0.717, 1.165) is 62.3 Å². The first-order valence-corrected chi connectivity index (χ1v) is 16.9. The number of rotatable bonds is 19. The van der Waals surface area contributed by atoms with Crippen LogP contribution in [0.15, 0.2) is 97.8 Å². The van der Waals surface area contributed by atoms with Gasteiger partial charge in [0.05, 0.1) is 31.5 Å². The summed E-state index contributed by atoms with van der Waals surface area (Å²) in [6, 6.07) is 21.1. The van der Waals surface area contributed by atoms with E-state index in [4.69, 9.17) is 23.7 Å². The molecule has 0 spiro atoms. The van der Waals surface area contributed by atoms with Crippen molar-refractivity contribution in [2.45, 2.75) is 70.3 Å². The molecule has 10 heteroatoms. The lowest BCUT2D eigenvalue weighted by Crippen LogP contribution is -2.22. The van der Waals surface area contributed by atoms with Gasteiger partial charge in [0, 0.05) is 5.57 Å². The number of hydrogen-bond donors (Lipinski definition) is 0. The lowest BCUT2D eigenvalue weighted by Gasteiger charge is -2.21. The summed E-state index contributed by atoms with van der Waals surface area (Å²) in [6.07, 6.45) is 9.22. The van der Waals surface area contributed by atoms with Gasteiger partial charge >= 0.3 is 23.9 Å². The summed E-state index contributed by atoms with van der Waals surface area (Å²) in [7, 11) is 0. The van der Waals surface area contributed by atoms with Gasteiger partial charge in [-0.2, -0.15) is 0 Å². The van der Waals surface area contributed by atoms with Crippen molar-refractivity contribution in [2.24, 2.45) is 0 Å². The van der Waals surface area contributed by atoms with Crippen LogP contribution in [0, 0.1) is 0 Å². The number of carbonyl (C=O) groups excluding carboxylic acids is 4. The van der Waals surface area contributed by atoms with Crippen LogP contribution < -0.4 is 14.2 Å². The van der Waals surface area contributed by atoms with Crippen LogP contribution in [0.5, 0.6) is 17.2 Å². The van der Waals surface area contributed by atoms with Crippen molar-refractivity contribution in [2.75, 3.05) is 19.8 Å². The average Bonchev–Trinajstić information content (AvgIpc) is 3.13. The Morgan fingerprint density at radius 3 is 1.92 bits per heavy atom. The van der Waals surface area contributed by atoms with Gasteiger partial charge in [-0.05, 0) is 111 Å². The van der Waals surface area contributed by atoms with Gasteiger partial charge < -0.3 is 28.4 Å². The molecule has 4 rings (SSSR count). The smallest absolute Gasteiger partial charge is 0.348 e. The first-order chi connectivity index (χ1) is 24.3. The molecule has 0 heterocycles. The predicted molar refractivity (Wildman–Crippen MR) is 187 cm³/mol. The topological polar surface area (TPSA) is 124 Å². The van der Waals surface area contributed by atoms with Crippen molar-refractivity contribution < 1.29 is 47.6 Å². The maximum Gasteiger partial charge on any atom is 0.348 e. The van der Waals surface area contributed by atoms with Crippen LogP contribution in [0.3, 0.4) is 0 Å². The highest BCUT2D eigenvalue weighted by Crippen LogP contribution is 2.25. The molecule has 1 aliphatic carbocycles. The fourth-order valence-electron chi connectivity index (χ4n) is 5.25. The molecule has 0 saturated heterocycles. The second-order valence-corrected chi connectivity index (χ2v) is 11.8. The third-order valence-corrected chi connectivity index (χ3v) is 7.95. The van der Waals surface area contributed by atoms with Crippen molar-refractivity contribution in [3.63, 3.8) is 0 Å². The molecule has 0 N–H and O–H groups in total. The molecule has 264 valence electrons. The van der Waals surface area contributed by atoms with E-state index in [1.165, 1.54) is 6.42 Å². The molecule has 10 nitrogen and oxygen atoms in total. The largest absolute Gasteiger partial charge is 0.494 e. The molecule has 0 amide bonds. The van der Waals surface area contributed by atoms with Gasteiger partial charge in [0.1, 0.15) is 23.4 Å². The summed E-state index contributed by atoms with van der Waals surface area (Å²) in [4.78, 5) is 48.3. The molecular formula is C40H44O10. The Hall–Kier alpha value is -5.38. The van der Waals surface area contributed by atoms with Crippen LogP contribution >= 0.6 is 0 Å². The monoisotopic (exact) mass is 684 g/mol. The molecule has 1 aliphatic rings. The Morgan fingerprint density at radius 2 is 1.26 bits per heavy atom. The van der Waals surface area contributed by atoms with Crippen molar-refractivity contribution in [1.82, 2.24) is 0 Å². The third-order valence-electron chi connectivity index (χ3n) is 7.95. The van der Waals surface area contributed by atoms with Crippen molar-refractivity contribution in [3.05, 3.63) is 103 Å². The highest BCUT2D eigenvalue weighted by molar-refractivity contribution is 5.93. The minimum absolute atomic E-state index is 0.0466. The van der Waals surface area contributed by atoms with Crippen molar-refractivity contribution in [1.29, 1.82) is 0 Å². The van der Waals surface area contributed by atoms with Gasteiger partial charge in [-0.1, -0.05) is 43.8 Å². The van der Waals surface area contributed by atoms with Crippen LogP contribution in [0.4, 0.5) is 0 Å². The van der Waals surface area contributed by atoms with Crippen LogP contribution in [0.1, 0.15) is 74.6 Å². The van der Waals surface area contributed by atoms with E-state index in [0.29, 0.717) is 35.8 Å². The van der Waals surface area contributed by atoms with E-state index in [-0.39, 0.29) is 31.3 Å². The zero-order chi connectivity index (χ0) is 35.6. The van der Waals surface area contributed by atoms with Crippen LogP contribution in [0.25, 0.3) is 11.1 Å². The molecule has 1 fully saturated rings. The minimum atomic E-state index is -0.557. The zero-order valence-corrected chi connectivity index (χ0v) is 28.3. The van der Waals surface area contributed by atoms with Gasteiger partial charge in [-0.3, -0.25) is 4.79 Å².